The van der Waals surface area contributed by atoms with E-state index in [1.165, 1.54) is 6.08 Å². The third-order valence-corrected chi connectivity index (χ3v) is 8.61. The van der Waals surface area contributed by atoms with E-state index >= 15 is 0 Å². The maximum absolute atomic E-state index is 13.1. The van der Waals surface area contributed by atoms with Gasteiger partial charge in [-0.1, -0.05) is 26.8 Å². The van der Waals surface area contributed by atoms with Gasteiger partial charge in [-0.3, -0.25) is 0 Å². The molecule has 2 saturated heterocycles. The summed E-state index contributed by atoms with van der Waals surface area (Å²) in [5.41, 5.74) is -0.659. The van der Waals surface area contributed by atoms with Gasteiger partial charge in [-0.05, 0) is 61.3 Å². The second kappa shape index (κ2) is 8.82. The van der Waals surface area contributed by atoms with Crippen molar-refractivity contribution in [1.29, 1.82) is 0 Å². The summed E-state index contributed by atoms with van der Waals surface area (Å²) in [5.74, 6) is 0.771. The van der Waals surface area contributed by atoms with Crippen LogP contribution in [0.3, 0.4) is 0 Å². The highest BCUT2D eigenvalue weighted by Gasteiger charge is 2.72. The fourth-order valence-electron chi connectivity index (χ4n) is 6.79. The van der Waals surface area contributed by atoms with Gasteiger partial charge in [0.05, 0.1) is 0 Å². The molecule has 4 aliphatic rings. The fourth-order valence-corrected chi connectivity index (χ4v) is 6.79. The van der Waals surface area contributed by atoms with E-state index in [0.29, 0.717) is 23.8 Å². The van der Waals surface area contributed by atoms with Crippen molar-refractivity contribution >= 4 is 18.0 Å². The SMILES string of the molecule is CC(C)C12C[C@@H](OC(=O)CO)[C@@](C)(O1)[C@@H]1CC[C@@H](C)[C@H]1[C@@H]2OC(=O)C=Cc1ccc2c(c1)OCO2. The van der Waals surface area contributed by atoms with E-state index in [4.69, 9.17) is 23.7 Å². The molecule has 5 rings (SSSR count). The standard InChI is InChI=1S/C27H34O8/c1-15(2)27-12-21(33-23(30)13-28)26(4,35-27)18-8-5-16(3)24(18)25(27)34-22(29)10-7-17-6-9-19-20(11-17)32-14-31-19/h6-7,9-11,15-16,18,21,24-25,28H,5,8,12-14H2,1-4H3/t16-,18-,21-,24-,25+,26+,27?/m1/s1. The van der Waals surface area contributed by atoms with Crippen LogP contribution in [0.5, 0.6) is 11.5 Å². The van der Waals surface area contributed by atoms with Crippen LogP contribution < -0.4 is 9.47 Å². The Morgan fingerprint density at radius 3 is 2.71 bits per heavy atom. The zero-order chi connectivity index (χ0) is 25.0. The van der Waals surface area contributed by atoms with Crippen LogP contribution in [0.2, 0.25) is 0 Å². The number of fused-ring (bicyclic) bond motifs is 5. The molecule has 3 fully saturated rings. The molecule has 0 aromatic heterocycles. The van der Waals surface area contributed by atoms with Crippen LogP contribution in [0.4, 0.5) is 0 Å². The number of hydrogen-bond acceptors (Lipinski definition) is 8. The van der Waals surface area contributed by atoms with E-state index < -0.39 is 42.0 Å². The van der Waals surface area contributed by atoms with Gasteiger partial charge in [0.15, 0.2) is 11.5 Å². The molecular formula is C27H34O8. The summed E-state index contributed by atoms with van der Waals surface area (Å²) in [6, 6.07) is 5.49. The molecule has 1 saturated carbocycles. The number of hydrogen-bond donors (Lipinski definition) is 1. The third kappa shape index (κ3) is 3.91. The smallest absolute Gasteiger partial charge is 0.332 e. The van der Waals surface area contributed by atoms with Gasteiger partial charge in [-0.15, -0.1) is 0 Å². The molecule has 8 nitrogen and oxygen atoms in total. The summed E-state index contributed by atoms with van der Waals surface area (Å²) >= 11 is 0. The van der Waals surface area contributed by atoms with Crippen LogP contribution in [0.15, 0.2) is 24.3 Å². The van der Waals surface area contributed by atoms with Crippen molar-refractivity contribution < 1.29 is 38.4 Å². The monoisotopic (exact) mass is 486 g/mol. The summed E-state index contributed by atoms with van der Waals surface area (Å²) in [4.78, 5) is 25.1. The zero-order valence-electron chi connectivity index (χ0n) is 20.7. The number of esters is 2. The average Bonchev–Trinajstić information content (AvgIpc) is 3.51. The first-order valence-corrected chi connectivity index (χ1v) is 12.5. The number of ether oxygens (including phenoxy) is 5. The van der Waals surface area contributed by atoms with E-state index in [9.17, 15) is 14.7 Å². The fraction of sp³-hybridized carbons (Fsp3) is 0.630. The Kier molecular flexibility index (Phi) is 6.08. The minimum Gasteiger partial charge on any atom is -0.457 e. The van der Waals surface area contributed by atoms with E-state index in [-0.39, 0.29) is 24.5 Å². The summed E-state index contributed by atoms with van der Waals surface area (Å²) in [6.07, 6.45) is 4.49. The molecule has 0 spiro atoms. The van der Waals surface area contributed by atoms with Crippen molar-refractivity contribution in [3.05, 3.63) is 29.8 Å². The Labute approximate surface area is 205 Å². The molecule has 1 N–H and O–H groups in total. The lowest BCUT2D eigenvalue weighted by Gasteiger charge is -2.52. The van der Waals surface area contributed by atoms with Crippen molar-refractivity contribution in [2.45, 2.75) is 70.4 Å². The van der Waals surface area contributed by atoms with Gasteiger partial charge in [-0.25, -0.2) is 9.59 Å². The third-order valence-electron chi connectivity index (χ3n) is 8.61. The van der Waals surface area contributed by atoms with Crippen molar-refractivity contribution in [2.75, 3.05) is 13.4 Å². The Bertz CT molecular complexity index is 1030. The number of aliphatic hydroxyl groups is 1. The second-order valence-corrected chi connectivity index (χ2v) is 10.8. The summed E-state index contributed by atoms with van der Waals surface area (Å²) < 4.78 is 29.5. The number of carbonyl (C=O) groups is 2. The maximum Gasteiger partial charge on any atom is 0.332 e. The minimum absolute atomic E-state index is 0.0176. The predicted octanol–water partition coefficient (Wildman–Crippen LogP) is 3.49. The van der Waals surface area contributed by atoms with Gasteiger partial charge in [0.1, 0.15) is 30.0 Å². The quantitative estimate of drug-likeness (QED) is 0.482. The number of carbonyl (C=O) groups excluding carboxylic acids is 2. The van der Waals surface area contributed by atoms with E-state index in [1.54, 1.807) is 6.08 Å². The lowest BCUT2D eigenvalue weighted by Crippen LogP contribution is -2.62. The van der Waals surface area contributed by atoms with Crippen molar-refractivity contribution in [1.82, 2.24) is 0 Å². The Balaban J connectivity index is 1.42. The second-order valence-electron chi connectivity index (χ2n) is 10.8. The highest BCUT2D eigenvalue weighted by molar-refractivity contribution is 5.87. The Hall–Kier alpha value is -2.58. The molecule has 8 heteroatoms. The lowest BCUT2D eigenvalue weighted by atomic mass is 9.69. The molecule has 1 aromatic carbocycles. The van der Waals surface area contributed by atoms with Gasteiger partial charge in [0.25, 0.3) is 0 Å². The normalized spacial score (nSPS) is 37.0. The number of benzene rings is 1. The average molecular weight is 487 g/mol. The summed E-state index contributed by atoms with van der Waals surface area (Å²) in [7, 11) is 0. The highest BCUT2D eigenvalue weighted by Crippen LogP contribution is 2.63. The van der Waals surface area contributed by atoms with E-state index in [2.05, 4.69) is 20.8 Å². The van der Waals surface area contributed by atoms with Gasteiger partial charge in [0.2, 0.25) is 6.79 Å². The lowest BCUT2D eigenvalue weighted by molar-refractivity contribution is -0.264. The van der Waals surface area contributed by atoms with Crippen molar-refractivity contribution in [2.24, 2.45) is 23.7 Å². The van der Waals surface area contributed by atoms with E-state index in [0.717, 1.165) is 18.4 Å². The minimum atomic E-state index is -0.781. The number of rotatable bonds is 6. The highest BCUT2D eigenvalue weighted by atomic mass is 16.7. The van der Waals surface area contributed by atoms with Gasteiger partial charge < -0.3 is 28.8 Å². The molecule has 1 aromatic rings. The summed E-state index contributed by atoms with van der Waals surface area (Å²) in [6.45, 7) is 7.84. The Morgan fingerprint density at radius 2 is 1.97 bits per heavy atom. The first kappa shape index (κ1) is 24.1. The maximum atomic E-state index is 13.1. The molecule has 35 heavy (non-hydrogen) atoms. The first-order valence-electron chi connectivity index (χ1n) is 12.5. The molecule has 1 aliphatic carbocycles. The Morgan fingerprint density at radius 1 is 1.20 bits per heavy atom. The molecule has 3 aliphatic heterocycles. The molecular weight excluding hydrogens is 452 g/mol. The van der Waals surface area contributed by atoms with Gasteiger partial charge in [-0.2, -0.15) is 0 Å². The molecule has 0 amide bonds. The molecule has 1 unspecified atom stereocenters. The van der Waals surface area contributed by atoms with Crippen LogP contribution in [0.25, 0.3) is 6.08 Å². The summed E-state index contributed by atoms with van der Waals surface area (Å²) in [5, 5.41) is 9.29. The molecule has 190 valence electrons. The topological polar surface area (TPSA) is 101 Å². The predicted molar refractivity (Wildman–Crippen MR) is 125 cm³/mol. The van der Waals surface area contributed by atoms with Crippen LogP contribution in [-0.2, 0) is 23.8 Å². The largest absolute Gasteiger partial charge is 0.457 e. The van der Waals surface area contributed by atoms with Crippen LogP contribution in [0.1, 0.15) is 52.5 Å². The van der Waals surface area contributed by atoms with Crippen LogP contribution in [0, 0.1) is 23.7 Å². The van der Waals surface area contributed by atoms with E-state index in [1.807, 2.05) is 25.1 Å². The van der Waals surface area contributed by atoms with Gasteiger partial charge >= 0.3 is 11.9 Å². The molecule has 3 heterocycles. The van der Waals surface area contributed by atoms with Gasteiger partial charge in [0, 0.05) is 18.4 Å². The van der Waals surface area contributed by atoms with Crippen molar-refractivity contribution in [3.63, 3.8) is 0 Å². The molecule has 0 radical (unpaired) electrons. The van der Waals surface area contributed by atoms with Crippen LogP contribution >= 0.6 is 0 Å². The van der Waals surface area contributed by atoms with Crippen molar-refractivity contribution in [3.8, 4) is 11.5 Å². The van der Waals surface area contributed by atoms with Crippen LogP contribution in [-0.4, -0.2) is 53.9 Å². The first-order chi connectivity index (χ1) is 16.7. The zero-order valence-corrected chi connectivity index (χ0v) is 20.7. The molecule has 7 atom stereocenters. The molecule has 2 bridgehead atoms. The number of aliphatic hydroxyl groups excluding tert-OH is 1.